The molecule has 4 aromatic heterocycles. The summed E-state index contributed by atoms with van der Waals surface area (Å²) in [5, 5.41) is 19.0. The van der Waals surface area contributed by atoms with E-state index in [0.29, 0.717) is 0 Å². The molecule has 0 spiro atoms. The molecule has 0 aliphatic rings. The van der Waals surface area contributed by atoms with Crippen LogP contribution in [0.1, 0.15) is 57.4 Å². The molecule has 9 aromatic rings. The van der Waals surface area contributed by atoms with Crippen LogP contribution >= 0.6 is 22.7 Å². The third kappa shape index (κ3) is 16.6. The van der Waals surface area contributed by atoms with E-state index in [1.54, 1.807) is 11.3 Å². The van der Waals surface area contributed by atoms with Gasteiger partial charge in [-0.25, -0.2) is 4.39 Å². The second-order valence-electron chi connectivity index (χ2n) is 16.1. The predicted molar refractivity (Wildman–Crippen MR) is 284 cm³/mol. The van der Waals surface area contributed by atoms with Crippen molar-refractivity contribution in [3.05, 3.63) is 204 Å². The zero-order valence-corrected chi connectivity index (χ0v) is 45.8. The standard InChI is InChI=1S/C27H20NS.C21H15FNS.2C5H8O2.CH4.2Ir/c1-18-13-19(2)15-22(14-18)24-16-25-23(17-28-24)26(20-9-5-3-6-10-20)27(29-25)21-11-7-4-8-12-21;1-13-7-14(2)9-16(8-13)19-11-21-17(12-23-19)10-20(24-21)15-3-5-18(22)6-4-15;2*1-4(6)3-5(2)7;;;/h3-14,16-17H,1-2H3;3-8,10-12H,1-2H3;2*3,6H,1-2H3;1H4;;/q2*-1;;;;;. The Morgan fingerprint density at radius 1 is 0.571 bits per heavy atom. The number of carbonyl (C=O) groups excluding carboxylic acids is 2. The van der Waals surface area contributed by atoms with Crippen molar-refractivity contribution in [3.63, 3.8) is 0 Å². The number of aryl methyl sites for hydroxylation is 4. The number of fused-ring (bicyclic) bond motifs is 2. The van der Waals surface area contributed by atoms with E-state index in [0.717, 1.165) is 49.5 Å². The van der Waals surface area contributed by atoms with Crippen LogP contribution in [-0.2, 0) is 49.8 Å². The van der Waals surface area contributed by atoms with Crippen molar-refractivity contribution >= 4 is 54.4 Å². The smallest absolute Gasteiger partial charge is 0.155 e. The molecule has 0 saturated carbocycles. The average Bonchev–Trinajstić information content (AvgIpc) is 3.88. The molecule has 0 bridgehead atoms. The molecule has 0 aliphatic heterocycles. The van der Waals surface area contributed by atoms with Crippen molar-refractivity contribution in [2.24, 2.45) is 0 Å². The normalized spacial score (nSPS) is 10.7. The molecule has 11 heteroatoms. The first-order valence-corrected chi connectivity index (χ1v) is 23.1. The minimum Gasteiger partial charge on any atom is -0.512 e. The number of aliphatic hydroxyl groups excluding tert-OH is 2. The molecule has 0 unspecified atom stereocenters. The summed E-state index contributed by atoms with van der Waals surface area (Å²) in [6, 6.07) is 49.6. The first-order chi connectivity index (χ1) is 32.0. The fraction of sp³-hybridized carbons (Fsp3) is 0.153. The Labute approximate surface area is 446 Å². The van der Waals surface area contributed by atoms with E-state index in [1.807, 2.05) is 42.8 Å². The molecular weight excluding hydrogens is 1270 g/mol. The van der Waals surface area contributed by atoms with Gasteiger partial charge in [0.25, 0.3) is 0 Å². The van der Waals surface area contributed by atoms with E-state index in [4.69, 9.17) is 15.2 Å². The van der Waals surface area contributed by atoms with Crippen LogP contribution in [0.3, 0.4) is 0 Å². The van der Waals surface area contributed by atoms with Crippen LogP contribution in [0.25, 0.3) is 74.7 Å². The number of aromatic nitrogens is 2. The molecule has 0 atom stereocenters. The minimum atomic E-state index is -0.214. The molecule has 0 aliphatic carbocycles. The molecule has 0 amide bonds. The molecule has 364 valence electrons. The summed E-state index contributed by atoms with van der Waals surface area (Å²) < 4.78 is 15.5. The van der Waals surface area contributed by atoms with Crippen molar-refractivity contribution in [2.75, 3.05) is 0 Å². The number of thiophene rings is 2. The van der Waals surface area contributed by atoms with Crippen LogP contribution < -0.4 is 0 Å². The number of aliphatic hydroxyl groups is 2. The summed E-state index contributed by atoms with van der Waals surface area (Å²) in [5.41, 5.74) is 13.4. The third-order valence-electron chi connectivity index (χ3n) is 9.88. The second-order valence-corrected chi connectivity index (χ2v) is 18.3. The van der Waals surface area contributed by atoms with Crippen LogP contribution in [0.2, 0.25) is 0 Å². The zero-order valence-electron chi connectivity index (χ0n) is 39.4. The Kier molecular flexibility index (Phi) is 22.8. The summed E-state index contributed by atoms with van der Waals surface area (Å²) in [4.78, 5) is 31.9. The largest absolute Gasteiger partial charge is 0.512 e. The van der Waals surface area contributed by atoms with Gasteiger partial charge in [-0.2, -0.15) is 0 Å². The van der Waals surface area contributed by atoms with Crippen LogP contribution in [-0.4, -0.2) is 31.7 Å². The average molecular weight is 1320 g/mol. The molecule has 2 radical (unpaired) electrons. The molecule has 4 heterocycles. The zero-order chi connectivity index (χ0) is 48.2. The Morgan fingerprint density at radius 2 is 1.04 bits per heavy atom. The molecular formula is C59H55FIr2N2O4S2-2. The van der Waals surface area contributed by atoms with E-state index in [2.05, 4.69) is 141 Å². The molecule has 6 nitrogen and oxygen atoms in total. The number of hydrogen-bond donors (Lipinski definition) is 2. The van der Waals surface area contributed by atoms with Gasteiger partial charge in [-0.3, -0.25) is 9.59 Å². The van der Waals surface area contributed by atoms with E-state index in [-0.39, 0.29) is 76.5 Å². The van der Waals surface area contributed by atoms with E-state index >= 15 is 0 Å². The SMILES string of the molecule is C.CC(=O)C=C(C)O.CC(=O)C=C(C)O.Cc1[c-]c(-c2cc3sc(-c4ccc(F)cc4)cc3cn2)cc(C)c1.Cc1[c-]c(-c2cc3sc(-c4ccccc4)c(-c4ccccc4)c3cn2)cc(C)c1.[Ir].[Ir]. The third-order valence-corrected chi connectivity index (χ3v) is 12.2. The maximum atomic E-state index is 13.1. The Balaban J connectivity index is 0.000000285. The number of rotatable bonds is 7. The fourth-order valence-corrected chi connectivity index (χ4v) is 9.63. The van der Waals surface area contributed by atoms with E-state index < -0.39 is 0 Å². The summed E-state index contributed by atoms with van der Waals surface area (Å²) in [6.07, 6.45) is 6.27. The summed E-state index contributed by atoms with van der Waals surface area (Å²) in [5.74, 6) is -0.339. The van der Waals surface area contributed by atoms with Crippen molar-refractivity contribution < 1.29 is 64.4 Å². The topological polar surface area (TPSA) is 100 Å². The fourth-order valence-electron chi connectivity index (χ4n) is 7.32. The first-order valence-electron chi connectivity index (χ1n) is 21.5. The second kappa shape index (κ2) is 27.4. The van der Waals surface area contributed by atoms with Crippen LogP contribution in [0.15, 0.2) is 163 Å². The molecule has 5 aromatic carbocycles. The van der Waals surface area contributed by atoms with Gasteiger partial charge >= 0.3 is 0 Å². The number of hydrogen-bond acceptors (Lipinski definition) is 8. The monoisotopic (exact) mass is 1320 g/mol. The van der Waals surface area contributed by atoms with Gasteiger partial charge in [-0.1, -0.05) is 120 Å². The number of nitrogens with zero attached hydrogens (tertiary/aromatic N) is 2. The van der Waals surface area contributed by atoms with E-state index in [9.17, 15) is 14.0 Å². The molecule has 2 N–H and O–H groups in total. The molecule has 0 fully saturated rings. The number of ketones is 2. The van der Waals surface area contributed by atoms with Gasteiger partial charge in [-0.15, -0.1) is 92.5 Å². The quantitative estimate of drug-likeness (QED) is 0.0937. The Bertz CT molecular complexity index is 3160. The Morgan fingerprint density at radius 3 is 1.50 bits per heavy atom. The van der Waals surface area contributed by atoms with Crippen LogP contribution in [0, 0.1) is 45.6 Å². The summed E-state index contributed by atoms with van der Waals surface area (Å²) >= 11 is 3.53. The van der Waals surface area contributed by atoms with Gasteiger partial charge in [0.05, 0.1) is 11.5 Å². The molecule has 0 saturated heterocycles. The minimum absolute atomic E-state index is 0. The number of pyridine rings is 2. The van der Waals surface area contributed by atoms with Crippen LogP contribution in [0.5, 0.6) is 0 Å². The first kappa shape index (κ1) is 58.3. The van der Waals surface area contributed by atoms with Gasteiger partial charge in [0.1, 0.15) is 5.82 Å². The molecule has 9 rings (SSSR count). The maximum absolute atomic E-state index is 13.1. The van der Waals surface area contributed by atoms with Gasteiger partial charge in [-0.05, 0) is 74.0 Å². The van der Waals surface area contributed by atoms with E-state index in [1.165, 1.54) is 99.5 Å². The van der Waals surface area contributed by atoms with Crippen molar-refractivity contribution in [3.8, 4) is 54.5 Å². The maximum Gasteiger partial charge on any atom is 0.155 e. The number of carbonyl (C=O) groups is 2. The number of halogens is 1. The predicted octanol–water partition coefficient (Wildman–Crippen LogP) is 16.6. The summed E-state index contributed by atoms with van der Waals surface area (Å²) in [6.45, 7) is 14.0. The van der Waals surface area contributed by atoms with Crippen molar-refractivity contribution in [1.82, 2.24) is 9.97 Å². The van der Waals surface area contributed by atoms with Crippen LogP contribution in [0.4, 0.5) is 4.39 Å². The van der Waals surface area contributed by atoms with Crippen molar-refractivity contribution in [1.29, 1.82) is 0 Å². The Hall–Kier alpha value is -6.03. The number of allylic oxidation sites excluding steroid dienone is 4. The van der Waals surface area contributed by atoms with Gasteiger partial charge < -0.3 is 20.2 Å². The summed E-state index contributed by atoms with van der Waals surface area (Å²) in [7, 11) is 0. The van der Waals surface area contributed by atoms with Gasteiger partial charge in [0.15, 0.2) is 11.6 Å². The van der Waals surface area contributed by atoms with Crippen molar-refractivity contribution in [2.45, 2.75) is 62.8 Å². The molecule has 70 heavy (non-hydrogen) atoms. The van der Waals surface area contributed by atoms with Gasteiger partial charge in [0.2, 0.25) is 0 Å². The van der Waals surface area contributed by atoms with Gasteiger partial charge in [0, 0.05) is 100 Å². The number of benzene rings is 5.